The number of unbranched alkanes of at least 4 members (excludes halogenated alkanes) is 4. The van der Waals surface area contributed by atoms with Crippen LogP contribution >= 0.6 is 0 Å². The van der Waals surface area contributed by atoms with E-state index in [0.717, 1.165) is 38.6 Å². The van der Waals surface area contributed by atoms with Gasteiger partial charge in [0.2, 0.25) is 0 Å². The van der Waals surface area contributed by atoms with Crippen LogP contribution in [0.5, 0.6) is 0 Å². The molecule has 0 aromatic carbocycles. The number of aliphatic hydroxyl groups excluding tert-OH is 2. The minimum Gasteiger partial charge on any atom is -0.392 e. The topological polar surface area (TPSA) is 52.9 Å². The SMILES string of the molecule is CCCCC[C@H](O)C=C[C@@H]1[C@H]2C[C@H](CCCCCN(C)C)O[C@H]2C[C@H]1O. The van der Waals surface area contributed by atoms with Gasteiger partial charge in [-0.1, -0.05) is 51.2 Å². The Balaban J connectivity index is 1.72. The molecule has 26 heavy (non-hydrogen) atoms. The highest BCUT2D eigenvalue weighted by molar-refractivity contribution is 5.07. The molecule has 4 heteroatoms. The summed E-state index contributed by atoms with van der Waals surface area (Å²) in [4.78, 5) is 2.24. The van der Waals surface area contributed by atoms with Gasteiger partial charge in [0.25, 0.3) is 0 Å². The summed E-state index contributed by atoms with van der Waals surface area (Å²) < 4.78 is 6.23. The fraction of sp³-hybridized carbons (Fsp3) is 0.909. The zero-order chi connectivity index (χ0) is 18.9. The second-order valence-electron chi connectivity index (χ2n) is 8.68. The minimum atomic E-state index is -0.373. The Labute approximate surface area is 160 Å². The van der Waals surface area contributed by atoms with E-state index in [-0.39, 0.29) is 24.2 Å². The van der Waals surface area contributed by atoms with Crippen LogP contribution in [-0.2, 0) is 4.74 Å². The van der Waals surface area contributed by atoms with E-state index < -0.39 is 0 Å². The number of ether oxygens (including phenoxy) is 1. The molecule has 2 rings (SSSR count). The molecule has 1 heterocycles. The normalized spacial score (nSPS) is 32.6. The van der Waals surface area contributed by atoms with Gasteiger partial charge < -0.3 is 19.8 Å². The zero-order valence-electron chi connectivity index (χ0n) is 17.1. The third-order valence-electron chi connectivity index (χ3n) is 6.08. The van der Waals surface area contributed by atoms with Gasteiger partial charge in [-0.2, -0.15) is 0 Å². The van der Waals surface area contributed by atoms with Gasteiger partial charge in [0.05, 0.1) is 24.4 Å². The largest absolute Gasteiger partial charge is 0.392 e. The predicted octanol–water partition coefficient (Wildman–Crippen LogP) is 3.76. The summed E-state index contributed by atoms with van der Waals surface area (Å²) in [6, 6.07) is 0. The van der Waals surface area contributed by atoms with Crippen LogP contribution in [0.2, 0.25) is 0 Å². The molecule has 0 aromatic rings. The van der Waals surface area contributed by atoms with Gasteiger partial charge in [-0.25, -0.2) is 0 Å². The molecule has 2 aliphatic rings. The maximum absolute atomic E-state index is 10.4. The highest BCUT2D eigenvalue weighted by Gasteiger charge is 2.47. The summed E-state index contributed by atoms with van der Waals surface area (Å²) in [6.07, 6.45) is 14.8. The van der Waals surface area contributed by atoms with E-state index in [1.807, 2.05) is 6.08 Å². The highest BCUT2D eigenvalue weighted by Crippen LogP contribution is 2.45. The lowest BCUT2D eigenvalue weighted by Crippen LogP contribution is -2.19. The zero-order valence-corrected chi connectivity index (χ0v) is 17.1. The Morgan fingerprint density at radius 2 is 1.92 bits per heavy atom. The lowest BCUT2D eigenvalue weighted by Gasteiger charge is -2.18. The molecule has 4 nitrogen and oxygen atoms in total. The predicted molar refractivity (Wildman–Crippen MR) is 107 cm³/mol. The molecular formula is C22H41NO3. The number of aliphatic hydroxyl groups is 2. The molecule has 2 fully saturated rings. The molecule has 0 bridgehead atoms. The summed E-state index contributed by atoms with van der Waals surface area (Å²) >= 11 is 0. The van der Waals surface area contributed by atoms with Crippen LogP contribution in [0.15, 0.2) is 12.2 Å². The molecule has 0 amide bonds. The molecule has 1 aliphatic carbocycles. The maximum atomic E-state index is 10.4. The van der Waals surface area contributed by atoms with E-state index in [1.54, 1.807) is 0 Å². The molecule has 0 aromatic heterocycles. The smallest absolute Gasteiger partial charge is 0.0721 e. The first-order valence-corrected chi connectivity index (χ1v) is 10.9. The summed E-state index contributed by atoms with van der Waals surface area (Å²) in [5.41, 5.74) is 0. The molecule has 1 saturated carbocycles. The van der Waals surface area contributed by atoms with Crippen molar-refractivity contribution < 1.29 is 14.9 Å². The van der Waals surface area contributed by atoms with E-state index in [2.05, 4.69) is 32.0 Å². The fourth-order valence-electron chi connectivity index (χ4n) is 4.56. The first-order chi connectivity index (χ1) is 12.5. The van der Waals surface area contributed by atoms with E-state index >= 15 is 0 Å². The summed E-state index contributed by atoms with van der Waals surface area (Å²) in [7, 11) is 4.25. The van der Waals surface area contributed by atoms with Gasteiger partial charge in [-0.3, -0.25) is 0 Å². The Hall–Kier alpha value is -0.420. The molecule has 0 spiro atoms. The van der Waals surface area contributed by atoms with Crippen LogP contribution in [0.1, 0.15) is 71.1 Å². The van der Waals surface area contributed by atoms with E-state index in [1.165, 1.54) is 32.1 Å². The second-order valence-corrected chi connectivity index (χ2v) is 8.68. The monoisotopic (exact) mass is 367 g/mol. The standard InChI is InChI=1S/C22H41NO3/c1-4-5-7-10-17(24)12-13-19-20-15-18(26-22(20)16-21(19)25)11-8-6-9-14-23(2)3/h12-13,17-22,24-25H,4-11,14-16H2,1-3H3/t17-,18-,19+,20+,21+,22-/m0/s1. The van der Waals surface area contributed by atoms with Crippen molar-refractivity contribution in [1.82, 2.24) is 4.90 Å². The van der Waals surface area contributed by atoms with Gasteiger partial charge in [0, 0.05) is 12.3 Å². The van der Waals surface area contributed by atoms with Crippen molar-refractivity contribution in [3.8, 4) is 0 Å². The number of nitrogens with zero attached hydrogens (tertiary/aromatic N) is 1. The Morgan fingerprint density at radius 3 is 2.65 bits per heavy atom. The van der Waals surface area contributed by atoms with Crippen LogP contribution in [0, 0.1) is 11.8 Å². The van der Waals surface area contributed by atoms with Crippen molar-refractivity contribution in [3.05, 3.63) is 12.2 Å². The van der Waals surface area contributed by atoms with Crippen LogP contribution in [0.25, 0.3) is 0 Å². The molecule has 6 atom stereocenters. The van der Waals surface area contributed by atoms with Crippen molar-refractivity contribution in [2.24, 2.45) is 11.8 Å². The van der Waals surface area contributed by atoms with Crippen LogP contribution in [0.3, 0.4) is 0 Å². The van der Waals surface area contributed by atoms with Crippen LogP contribution in [-0.4, -0.2) is 60.2 Å². The first-order valence-electron chi connectivity index (χ1n) is 10.9. The second kappa shape index (κ2) is 11.4. The average molecular weight is 368 g/mol. The quantitative estimate of drug-likeness (QED) is 0.407. The number of hydrogen-bond donors (Lipinski definition) is 2. The first kappa shape index (κ1) is 21.9. The lowest BCUT2D eigenvalue weighted by molar-refractivity contribution is 0.0232. The third-order valence-corrected chi connectivity index (χ3v) is 6.08. The van der Waals surface area contributed by atoms with E-state index in [9.17, 15) is 10.2 Å². The molecule has 1 aliphatic heterocycles. The number of rotatable bonds is 12. The summed E-state index contributed by atoms with van der Waals surface area (Å²) in [5, 5.41) is 20.5. The van der Waals surface area contributed by atoms with E-state index in [0.29, 0.717) is 12.0 Å². The van der Waals surface area contributed by atoms with Gasteiger partial charge in [-0.05, 0) is 52.2 Å². The Bertz CT molecular complexity index is 412. The van der Waals surface area contributed by atoms with Crippen molar-refractivity contribution >= 4 is 0 Å². The van der Waals surface area contributed by atoms with Crippen molar-refractivity contribution in [1.29, 1.82) is 0 Å². The minimum absolute atomic E-state index is 0.152. The lowest BCUT2D eigenvalue weighted by atomic mass is 9.89. The third kappa shape index (κ3) is 6.95. The molecule has 2 N–H and O–H groups in total. The molecule has 0 radical (unpaired) electrons. The Kier molecular flexibility index (Phi) is 9.62. The van der Waals surface area contributed by atoms with Gasteiger partial charge >= 0.3 is 0 Å². The molecule has 0 unspecified atom stereocenters. The van der Waals surface area contributed by atoms with Crippen LogP contribution in [0.4, 0.5) is 0 Å². The summed E-state index contributed by atoms with van der Waals surface area (Å²) in [6.45, 7) is 3.34. The molecular weight excluding hydrogens is 326 g/mol. The van der Waals surface area contributed by atoms with Gasteiger partial charge in [0.15, 0.2) is 0 Å². The van der Waals surface area contributed by atoms with Gasteiger partial charge in [-0.15, -0.1) is 0 Å². The maximum Gasteiger partial charge on any atom is 0.0721 e. The average Bonchev–Trinajstić information content (AvgIpc) is 3.09. The van der Waals surface area contributed by atoms with Gasteiger partial charge in [0.1, 0.15) is 0 Å². The van der Waals surface area contributed by atoms with E-state index in [4.69, 9.17) is 4.74 Å². The van der Waals surface area contributed by atoms with Crippen molar-refractivity contribution in [2.75, 3.05) is 20.6 Å². The fourth-order valence-corrected chi connectivity index (χ4v) is 4.56. The Morgan fingerprint density at radius 1 is 1.12 bits per heavy atom. The highest BCUT2D eigenvalue weighted by atomic mass is 16.5. The van der Waals surface area contributed by atoms with Crippen LogP contribution < -0.4 is 0 Å². The number of hydrogen-bond acceptors (Lipinski definition) is 4. The van der Waals surface area contributed by atoms with Crippen molar-refractivity contribution in [2.45, 2.75) is 95.5 Å². The molecule has 152 valence electrons. The summed E-state index contributed by atoms with van der Waals surface area (Å²) in [5.74, 6) is 0.579. The van der Waals surface area contributed by atoms with Crippen molar-refractivity contribution in [3.63, 3.8) is 0 Å². The number of fused-ring (bicyclic) bond motifs is 1. The molecule has 1 saturated heterocycles.